The molecule has 2 rings (SSSR count). The summed E-state index contributed by atoms with van der Waals surface area (Å²) < 4.78 is 0.817. The maximum absolute atomic E-state index is 12.0. The van der Waals surface area contributed by atoms with Crippen molar-refractivity contribution < 1.29 is 4.79 Å². The van der Waals surface area contributed by atoms with Crippen molar-refractivity contribution in [3.8, 4) is 0 Å². The molecule has 0 atom stereocenters. The molecule has 2 aromatic rings. The zero-order valence-electron chi connectivity index (χ0n) is 10.6. The highest BCUT2D eigenvalue weighted by molar-refractivity contribution is 9.10. The molecule has 19 heavy (non-hydrogen) atoms. The van der Waals surface area contributed by atoms with Crippen LogP contribution in [0.4, 0.5) is 10.5 Å². The van der Waals surface area contributed by atoms with Crippen LogP contribution in [0.25, 0.3) is 0 Å². The van der Waals surface area contributed by atoms with Crippen LogP contribution in [-0.2, 0) is 6.54 Å². The quantitative estimate of drug-likeness (QED) is 0.932. The number of urea groups is 1. The summed E-state index contributed by atoms with van der Waals surface area (Å²) in [6.45, 7) is 2.33. The first-order valence-corrected chi connectivity index (χ1v) is 7.31. The third-order valence-electron chi connectivity index (χ3n) is 2.50. The lowest BCUT2D eigenvalue weighted by atomic mass is 10.3. The van der Waals surface area contributed by atoms with Crippen LogP contribution >= 0.6 is 27.3 Å². The van der Waals surface area contributed by atoms with Gasteiger partial charge in [0.25, 0.3) is 0 Å². The van der Waals surface area contributed by atoms with E-state index < -0.39 is 0 Å². The van der Waals surface area contributed by atoms with E-state index in [0.717, 1.165) is 15.7 Å². The second kappa shape index (κ2) is 6.12. The van der Waals surface area contributed by atoms with Crippen molar-refractivity contribution in [2.45, 2.75) is 13.5 Å². The van der Waals surface area contributed by atoms with Crippen molar-refractivity contribution in [2.75, 3.05) is 12.4 Å². The molecule has 0 saturated heterocycles. The average Bonchev–Trinajstić information content (AvgIpc) is 2.78. The predicted molar refractivity (Wildman–Crippen MR) is 79.3 cm³/mol. The number of anilines is 1. The van der Waals surface area contributed by atoms with Gasteiger partial charge in [0.1, 0.15) is 5.82 Å². The molecule has 0 fully saturated rings. The number of amides is 2. The molecule has 0 aliphatic rings. The molecular formula is C12H13BrN4OS. The molecule has 0 saturated carbocycles. The normalized spacial score (nSPS) is 10.3. The standard InChI is InChI=1S/C12H13BrN4OS/c1-8-6-19-7-10(8)16-12(18)17(2)5-11-14-3-9(13)4-15-11/h3-4,6-7H,5H2,1-2H3,(H,16,18). The molecule has 7 heteroatoms. The summed E-state index contributed by atoms with van der Waals surface area (Å²) in [5, 5.41) is 6.76. The van der Waals surface area contributed by atoms with Crippen molar-refractivity contribution in [2.24, 2.45) is 0 Å². The maximum Gasteiger partial charge on any atom is 0.322 e. The van der Waals surface area contributed by atoms with Crippen LogP contribution in [0.5, 0.6) is 0 Å². The van der Waals surface area contributed by atoms with Gasteiger partial charge in [-0.05, 0) is 33.8 Å². The fourth-order valence-corrected chi connectivity index (χ4v) is 2.39. The molecular weight excluding hydrogens is 328 g/mol. The third kappa shape index (κ3) is 3.74. The average molecular weight is 341 g/mol. The molecule has 0 aliphatic heterocycles. The number of hydrogen-bond acceptors (Lipinski definition) is 4. The lowest BCUT2D eigenvalue weighted by molar-refractivity contribution is 0.219. The molecule has 2 heterocycles. The van der Waals surface area contributed by atoms with Crippen LogP contribution in [0.3, 0.4) is 0 Å². The van der Waals surface area contributed by atoms with Gasteiger partial charge in [-0.25, -0.2) is 14.8 Å². The van der Waals surface area contributed by atoms with E-state index in [1.54, 1.807) is 35.7 Å². The maximum atomic E-state index is 12.0. The lowest BCUT2D eigenvalue weighted by Gasteiger charge is -2.16. The minimum Gasteiger partial charge on any atom is -0.320 e. The second-order valence-corrected chi connectivity index (χ2v) is 5.73. The fraction of sp³-hybridized carbons (Fsp3) is 0.250. The highest BCUT2D eigenvalue weighted by atomic mass is 79.9. The molecule has 2 amide bonds. The van der Waals surface area contributed by atoms with E-state index in [1.165, 1.54) is 0 Å². The fourth-order valence-electron chi connectivity index (χ4n) is 1.40. The minimum atomic E-state index is -0.173. The molecule has 5 nitrogen and oxygen atoms in total. The lowest BCUT2D eigenvalue weighted by Crippen LogP contribution is -2.31. The Morgan fingerprint density at radius 1 is 1.42 bits per heavy atom. The second-order valence-electron chi connectivity index (χ2n) is 4.07. The molecule has 0 spiro atoms. The van der Waals surface area contributed by atoms with E-state index in [-0.39, 0.29) is 6.03 Å². The largest absolute Gasteiger partial charge is 0.322 e. The van der Waals surface area contributed by atoms with Gasteiger partial charge in [0.05, 0.1) is 16.7 Å². The van der Waals surface area contributed by atoms with Gasteiger partial charge < -0.3 is 10.2 Å². The van der Waals surface area contributed by atoms with E-state index in [4.69, 9.17) is 0 Å². The predicted octanol–water partition coefficient (Wildman–Crippen LogP) is 3.27. The Hall–Kier alpha value is -1.47. The molecule has 0 bridgehead atoms. The summed E-state index contributed by atoms with van der Waals surface area (Å²) in [4.78, 5) is 21.8. The molecule has 0 aliphatic carbocycles. The van der Waals surface area contributed by atoms with Gasteiger partial charge in [-0.2, -0.15) is 0 Å². The molecule has 0 unspecified atom stereocenters. The Labute approximate surface area is 123 Å². The van der Waals surface area contributed by atoms with Gasteiger partial charge in [0.2, 0.25) is 0 Å². The monoisotopic (exact) mass is 340 g/mol. The van der Waals surface area contributed by atoms with Gasteiger partial charge in [-0.15, -0.1) is 11.3 Å². The van der Waals surface area contributed by atoms with E-state index in [0.29, 0.717) is 12.4 Å². The van der Waals surface area contributed by atoms with Gasteiger partial charge >= 0.3 is 6.03 Å². The first kappa shape index (κ1) is 14.0. The van der Waals surface area contributed by atoms with E-state index >= 15 is 0 Å². The number of aromatic nitrogens is 2. The first-order chi connectivity index (χ1) is 9.06. The number of nitrogens with zero attached hydrogens (tertiary/aromatic N) is 3. The highest BCUT2D eigenvalue weighted by Gasteiger charge is 2.12. The topological polar surface area (TPSA) is 58.1 Å². The van der Waals surface area contributed by atoms with Crippen molar-refractivity contribution in [1.29, 1.82) is 0 Å². The Morgan fingerprint density at radius 3 is 2.68 bits per heavy atom. The molecule has 0 aromatic carbocycles. The van der Waals surface area contributed by atoms with Gasteiger partial charge in [-0.1, -0.05) is 0 Å². The van der Waals surface area contributed by atoms with Crippen LogP contribution in [0.15, 0.2) is 27.6 Å². The van der Waals surface area contributed by atoms with Crippen LogP contribution in [-0.4, -0.2) is 27.9 Å². The first-order valence-electron chi connectivity index (χ1n) is 5.57. The van der Waals surface area contributed by atoms with Gasteiger partial charge in [0, 0.05) is 24.8 Å². The van der Waals surface area contributed by atoms with Crippen LogP contribution in [0, 0.1) is 6.92 Å². The summed E-state index contributed by atoms with van der Waals surface area (Å²) in [5.74, 6) is 0.600. The molecule has 1 N–H and O–H groups in total. The van der Waals surface area contributed by atoms with E-state index in [2.05, 4.69) is 31.2 Å². The molecule has 0 radical (unpaired) electrons. The summed E-state index contributed by atoms with van der Waals surface area (Å²) in [5.41, 5.74) is 1.91. The summed E-state index contributed by atoms with van der Waals surface area (Å²) >= 11 is 4.83. The number of carbonyl (C=O) groups is 1. The van der Waals surface area contributed by atoms with Gasteiger partial charge in [0.15, 0.2) is 0 Å². The number of rotatable bonds is 3. The van der Waals surface area contributed by atoms with Crippen LogP contribution in [0.2, 0.25) is 0 Å². The van der Waals surface area contributed by atoms with E-state index in [1.807, 2.05) is 17.7 Å². The Kier molecular flexibility index (Phi) is 4.49. The SMILES string of the molecule is Cc1cscc1NC(=O)N(C)Cc1ncc(Br)cn1. The zero-order chi connectivity index (χ0) is 13.8. The third-order valence-corrected chi connectivity index (χ3v) is 3.77. The Balaban J connectivity index is 1.96. The highest BCUT2D eigenvalue weighted by Crippen LogP contribution is 2.19. The minimum absolute atomic E-state index is 0.173. The number of aryl methyl sites for hydroxylation is 1. The summed E-state index contributed by atoms with van der Waals surface area (Å²) in [6, 6.07) is -0.173. The van der Waals surface area contributed by atoms with Crippen molar-refractivity contribution in [3.05, 3.63) is 39.0 Å². The van der Waals surface area contributed by atoms with Crippen LogP contribution < -0.4 is 5.32 Å². The number of nitrogens with one attached hydrogen (secondary N) is 1. The van der Waals surface area contributed by atoms with E-state index in [9.17, 15) is 4.79 Å². The zero-order valence-corrected chi connectivity index (χ0v) is 13.0. The summed E-state index contributed by atoms with van der Waals surface area (Å²) in [6.07, 6.45) is 3.33. The number of thiophene rings is 1. The van der Waals surface area contributed by atoms with Crippen LogP contribution in [0.1, 0.15) is 11.4 Å². The summed E-state index contributed by atoms with van der Waals surface area (Å²) in [7, 11) is 1.71. The number of hydrogen-bond donors (Lipinski definition) is 1. The van der Waals surface area contributed by atoms with Gasteiger partial charge in [-0.3, -0.25) is 0 Å². The van der Waals surface area contributed by atoms with Crippen molar-refractivity contribution in [3.63, 3.8) is 0 Å². The Bertz CT molecular complexity index is 569. The smallest absolute Gasteiger partial charge is 0.320 e. The molecule has 100 valence electrons. The number of carbonyl (C=O) groups excluding carboxylic acids is 1. The number of halogens is 1. The van der Waals surface area contributed by atoms with Crippen molar-refractivity contribution in [1.82, 2.24) is 14.9 Å². The molecule has 2 aromatic heterocycles. The Morgan fingerprint density at radius 2 is 2.11 bits per heavy atom. The van der Waals surface area contributed by atoms with Crippen molar-refractivity contribution >= 4 is 39.0 Å².